The second-order valence-electron chi connectivity index (χ2n) is 6.96. The van der Waals surface area contributed by atoms with Crippen LogP contribution in [-0.4, -0.2) is 26.8 Å². The van der Waals surface area contributed by atoms with Crippen molar-refractivity contribution in [3.8, 4) is 11.3 Å². The number of rotatable bonds is 7. The number of amides is 1. The fraction of sp³-hybridized carbons (Fsp3) is 0.227. The minimum atomic E-state index is 0.0194. The van der Waals surface area contributed by atoms with Gasteiger partial charge in [0.05, 0.1) is 12.2 Å². The van der Waals surface area contributed by atoms with Crippen LogP contribution in [0, 0.1) is 6.92 Å². The molecule has 0 spiro atoms. The fourth-order valence-corrected chi connectivity index (χ4v) is 4.02. The Labute approximate surface area is 173 Å². The average molecular weight is 406 g/mol. The number of imidazole rings is 1. The first kappa shape index (κ1) is 19.1. The molecule has 0 unspecified atom stereocenters. The van der Waals surface area contributed by atoms with E-state index in [1.165, 1.54) is 5.56 Å². The van der Waals surface area contributed by atoms with Crippen molar-refractivity contribution in [2.75, 3.05) is 11.9 Å². The highest BCUT2D eigenvalue weighted by Crippen LogP contribution is 2.29. The lowest BCUT2D eigenvalue weighted by atomic mass is 10.1. The number of carbonyl (C=O) groups is 1. The summed E-state index contributed by atoms with van der Waals surface area (Å²) in [5.74, 6) is 0.887. The van der Waals surface area contributed by atoms with Crippen molar-refractivity contribution in [1.29, 1.82) is 0 Å². The van der Waals surface area contributed by atoms with Gasteiger partial charge in [-0.2, -0.15) is 0 Å². The van der Waals surface area contributed by atoms with Gasteiger partial charge in [-0.1, -0.05) is 29.8 Å². The molecule has 0 bridgehead atoms. The van der Waals surface area contributed by atoms with Crippen molar-refractivity contribution in [1.82, 2.24) is 19.7 Å². The second-order valence-corrected chi connectivity index (χ2v) is 7.94. The maximum absolute atomic E-state index is 12.4. The number of hydrogen-bond donors (Lipinski definition) is 2. The maximum atomic E-state index is 12.4. The van der Waals surface area contributed by atoms with Gasteiger partial charge in [0.15, 0.2) is 5.65 Å². The minimum Gasteiger partial charge on any atom is -0.369 e. The van der Waals surface area contributed by atoms with E-state index in [9.17, 15) is 4.79 Å². The predicted molar refractivity (Wildman–Crippen MR) is 117 cm³/mol. The Bertz CT molecular complexity index is 1120. The van der Waals surface area contributed by atoms with E-state index < -0.39 is 0 Å². The smallest absolute Gasteiger partial charge is 0.222 e. The lowest BCUT2D eigenvalue weighted by Crippen LogP contribution is -2.27. The van der Waals surface area contributed by atoms with Gasteiger partial charge in [-0.3, -0.25) is 14.2 Å². The fourth-order valence-electron chi connectivity index (χ4n) is 3.29. The molecule has 0 aliphatic carbocycles. The number of thiophene rings is 1. The van der Waals surface area contributed by atoms with Crippen LogP contribution in [0.2, 0.25) is 0 Å². The molecule has 0 saturated heterocycles. The first-order chi connectivity index (χ1) is 14.1. The van der Waals surface area contributed by atoms with Gasteiger partial charge < -0.3 is 10.6 Å². The largest absolute Gasteiger partial charge is 0.369 e. The number of benzene rings is 1. The molecule has 3 heterocycles. The van der Waals surface area contributed by atoms with Crippen LogP contribution in [0.25, 0.3) is 16.9 Å². The first-order valence-corrected chi connectivity index (χ1v) is 10.5. The van der Waals surface area contributed by atoms with Crippen LogP contribution in [0.1, 0.15) is 29.8 Å². The van der Waals surface area contributed by atoms with Crippen LogP contribution >= 0.6 is 11.3 Å². The molecule has 1 amide bonds. The quantitative estimate of drug-likeness (QED) is 0.477. The van der Waals surface area contributed by atoms with Crippen molar-refractivity contribution >= 4 is 28.7 Å². The highest BCUT2D eigenvalue weighted by atomic mass is 32.1. The molecule has 4 aromatic rings. The summed E-state index contributed by atoms with van der Waals surface area (Å²) in [4.78, 5) is 22.4. The summed E-state index contributed by atoms with van der Waals surface area (Å²) >= 11 is 1.65. The predicted octanol–water partition coefficient (Wildman–Crippen LogP) is 4.45. The molecule has 0 aliphatic heterocycles. The summed E-state index contributed by atoms with van der Waals surface area (Å²) < 4.78 is 1.97. The zero-order valence-electron chi connectivity index (χ0n) is 16.4. The Morgan fingerprint density at radius 3 is 2.97 bits per heavy atom. The van der Waals surface area contributed by atoms with Gasteiger partial charge >= 0.3 is 0 Å². The van der Waals surface area contributed by atoms with E-state index in [0.29, 0.717) is 13.0 Å². The van der Waals surface area contributed by atoms with Gasteiger partial charge in [-0.25, -0.2) is 4.98 Å². The third-order valence-corrected chi connectivity index (χ3v) is 5.77. The van der Waals surface area contributed by atoms with E-state index in [1.54, 1.807) is 23.7 Å². The van der Waals surface area contributed by atoms with E-state index in [1.807, 2.05) is 47.2 Å². The summed E-state index contributed by atoms with van der Waals surface area (Å²) in [6, 6.07) is 12.3. The van der Waals surface area contributed by atoms with Crippen molar-refractivity contribution in [3.63, 3.8) is 0 Å². The Kier molecular flexibility index (Phi) is 5.57. The second kappa shape index (κ2) is 8.45. The first-order valence-electron chi connectivity index (χ1n) is 9.57. The molecule has 3 aromatic heterocycles. The summed E-state index contributed by atoms with van der Waals surface area (Å²) in [7, 11) is 0. The third-order valence-electron chi connectivity index (χ3n) is 4.71. The van der Waals surface area contributed by atoms with Crippen LogP contribution in [0.3, 0.4) is 0 Å². The monoisotopic (exact) mass is 405 g/mol. The van der Waals surface area contributed by atoms with Crippen LogP contribution in [0.4, 0.5) is 5.82 Å². The van der Waals surface area contributed by atoms with Gasteiger partial charge in [0.1, 0.15) is 11.5 Å². The van der Waals surface area contributed by atoms with E-state index in [-0.39, 0.29) is 11.9 Å². The number of nitrogens with one attached hydrogen (secondary N) is 2. The summed E-state index contributed by atoms with van der Waals surface area (Å²) in [5, 5.41) is 8.48. The van der Waals surface area contributed by atoms with Crippen molar-refractivity contribution in [2.24, 2.45) is 0 Å². The van der Waals surface area contributed by atoms with Gasteiger partial charge in [0.2, 0.25) is 5.91 Å². The molecule has 0 aliphatic rings. The molecule has 4 rings (SSSR count). The Balaban J connectivity index is 1.49. The highest BCUT2D eigenvalue weighted by molar-refractivity contribution is 7.10. The third kappa shape index (κ3) is 4.30. The number of nitrogens with zero attached hydrogens (tertiary/aromatic N) is 3. The van der Waals surface area contributed by atoms with Crippen LogP contribution in [0.5, 0.6) is 0 Å². The summed E-state index contributed by atoms with van der Waals surface area (Å²) in [5.41, 5.74) is 3.83. The van der Waals surface area contributed by atoms with Crippen LogP contribution in [-0.2, 0) is 4.79 Å². The zero-order chi connectivity index (χ0) is 20.2. The van der Waals surface area contributed by atoms with Gasteiger partial charge in [-0.05, 0) is 31.4 Å². The normalized spacial score (nSPS) is 12.1. The average Bonchev–Trinajstić information content (AvgIpc) is 3.36. The number of anilines is 1. The van der Waals surface area contributed by atoms with Crippen LogP contribution < -0.4 is 10.6 Å². The van der Waals surface area contributed by atoms with Crippen molar-refractivity contribution < 1.29 is 4.79 Å². The van der Waals surface area contributed by atoms with E-state index >= 15 is 0 Å². The number of aryl methyl sites for hydroxylation is 1. The lowest BCUT2D eigenvalue weighted by Gasteiger charge is -2.13. The summed E-state index contributed by atoms with van der Waals surface area (Å²) in [6.45, 7) is 4.58. The molecule has 29 heavy (non-hydrogen) atoms. The number of aromatic nitrogens is 3. The molecule has 1 aromatic carbocycles. The van der Waals surface area contributed by atoms with Gasteiger partial charge in [-0.15, -0.1) is 11.3 Å². The molecule has 148 valence electrons. The maximum Gasteiger partial charge on any atom is 0.222 e. The number of carbonyl (C=O) groups excluding carboxylic acids is 1. The Hall–Kier alpha value is -3.19. The van der Waals surface area contributed by atoms with Crippen LogP contribution in [0.15, 0.2) is 60.4 Å². The Morgan fingerprint density at radius 2 is 2.17 bits per heavy atom. The van der Waals surface area contributed by atoms with Gasteiger partial charge in [0, 0.05) is 35.8 Å². The number of fused-ring (bicyclic) bond motifs is 1. The molecule has 6 nitrogen and oxygen atoms in total. The standard InChI is InChI=1S/C22H23N5OS/c1-15-5-3-6-17(13-15)21-22(27-11-10-23-14-19(27)26-21)24-9-8-20(28)25-16(2)18-7-4-12-29-18/h3-7,10-14,16,24H,8-9H2,1-2H3,(H,25,28)/t16-/m1/s1. The number of hydrogen-bond acceptors (Lipinski definition) is 5. The molecule has 0 fully saturated rings. The molecule has 7 heteroatoms. The van der Waals surface area contributed by atoms with E-state index in [4.69, 9.17) is 4.98 Å². The molecule has 0 radical (unpaired) electrons. The summed E-state index contributed by atoms with van der Waals surface area (Å²) in [6.07, 6.45) is 5.72. The van der Waals surface area contributed by atoms with E-state index in [2.05, 4.69) is 34.7 Å². The SMILES string of the molecule is Cc1cccc(-c2nc3cnccn3c2NCCC(=O)N[C@H](C)c2cccs2)c1. The molecular weight excluding hydrogens is 382 g/mol. The zero-order valence-corrected chi connectivity index (χ0v) is 17.2. The highest BCUT2D eigenvalue weighted by Gasteiger charge is 2.15. The van der Waals surface area contributed by atoms with Gasteiger partial charge in [0.25, 0.3) is 0 Å². The van der Waals surface area contributed by atoms with Crippen molar-refractivity contribution in [3.05, 3.63) is 70.8 Å². The van der Waals surface area contributed by atoms with Crippen molar-refractivity contribution in [2.45, 2.75) is 26.3 Å². The Morgan fingerprint density at radius 1 is 1.28 bits per heavy atom. The molecule has 0 saturated carbocycles. The topological polar surface area (TPSA) is 71.3 Å². The molecular formula is C22H23N5OS. The molecule has 1 atom stereocenters. The van der Waals surface area contributed by atoms with E-state index in [0.717, 1.165) is 27.6 Å². The molecule has 2 N–H and O–H groups in total. The minimum absolute atomic E-state index is 0.0194. The lowest BCUT2D eigenvalue weighted by molar-refractivity contribution is -0.121.